The summed E-state index contributed by atoms with van der Waals surface area (Å²) in [6.07, 6.45) is 5.04. The van der Waals surface area contributed by atoms with Gasteiger partial charge < -0.3 is 9.69 Å². The molecular formula is C12H23NO. The second-order valence-electron chi connectivity index (χ2n) is 5.28. The molecule has 0 amide bonds. The molecule has 0 saturated carbocycles. The number of carbonyl (C=O) groups excluding carboxylic acids is 1. The molecule has 0 aromatic carbocycles. The molecule has 0 N–H and O–H groups in total. The largest absolute Gasteiger partial charge is 0.303 e. The van der Waals surface area contributed by atoms with Crippen molar-refractivity contribution in [2.75, 3.05) is 19.6 Å². The van der Waals surface area contributed by atoms with Gasteiger partial charge in [-0.05, 0) is 25.3 Å². The fraction of sp³-hybridized carbons (Fsp3) is 0.917. The summed E-state index contributed by atoms with van der Waals surface area (Å²) >= 11 is 0. The van der Waals surface area contributed by atoms with Crippen LogP contribution in [0.4, 0.5) is 0 Å². The van der Waals surface area contributed by atoms with E-state index in [0.29, 0.717) is 0 Å². The average Bonchev–Trinajstić information content (AvgIpc) is 2.53. The zero-order valence-corrected chi connectivity index (χ0v) is 9.75. The Balaban J connectivity index is 2.32. The molecule has 1 unspecified atom stereocenters. The zero-order valence-electron chi connectivity index (χ0n) is 9.75. The first-order valence-electron chi connectivity index (χ1n) is 5.76. The van der Waals surface area contributed by atoms with E-state index in [2.05, 4.69) is 11.8 Å². The molecule has 0 aromatic rings. The number of hydrogen-bond acceptors (Lipinski definition) is 2. The van der Waals surface area contributed by atoms with E-state index in [-0.39, 0.29) is 5.41 Å². The second-order valence-corrected chi connectivity index (χ2v) is 5.28. The van der Waals surface area contributed by atoms with Crippen LogP contribution < -0.4 is 0 Å². The van der Waals surface area contributed by atoms with Crippen LogP contribution in [0.1, 0.15) is 40.0 Å². The molecule has 1 heterocycles. The molecule has 1 atom stereocenters. The summed E-state index contributed by atoms with van der Waals surface area (Å²) in [7, 11) is 0. The summed E-state index contributed by atoms with van der Waals surface area (Å²) in [5.74, 6) is 0.877. The maximum Gasteiger partial charge on any atom is 0.126 e. The second kappa shape index (κ2) is 4.92. The first-order chi connectivity index (χ1) is 6.57. The highest BCUT2D eigenvalue weighted by molar-refractivity contribution is 5.58. The highest BCUT2D eigenvalue weighted by Crippen LogP contribution is 2.24. The molecular weight excluding hydrogens is 174 g/mol. The summed E-state index contributed by atoms with van der Waals surface area (Å²) in [6, 6.07) is 0. The highest BCUT2D eigenvalue weighted by atomic mass is 16.1. The highest BCUT2D eigenvalue weighted by Gasteiger charge is 2.27. The predicted octanol–water partition coefficient (Wildman–Crippen LogP) is 2.33. The Morgan fingerprint density at radius 3 is 2.79 bits per heavy atom. The van der Waals surface area contributed by atoms with Gasteiger partial charge in [0.1, 0.15) is 6.29 Å². The van der Waals surface area contributed by atoms with Crippen molar-refractivity contribution in [3.63, 3.8) is 0 Å². The summed E-state index contributed by atoms with van der Waals surface area (Å²) in [5, 5.41) is 0. The maximum atomic E-state index is 10.8. The normalized spacial score (nSPS) is 24.1. The fourth-order valence-corrected chi connectivity index (χ4v) is 2.31. The van der Waals surface area contributed by atoms with Gasteiger partial charge in [-0.1, -0.05) is 27.2 Å². The Bertz CT molecular complexity index is 189. The minimum atomic E-state index is -0.166. The number of aldehydes is 1. The van der Waals surface area contributed by atoms with E-state index in [9.17, 15) is 4.79 Å². The van der Waals surface area contributed by atoms with E-state index >= 15 is 0 Å². The summed E-state index contributed by atoms with van der Waals surface area (Å²) < 4.78 is 0. The standard InChI is InChI=1S/C12H23NO/c1-4-5-11-6-7-13(8-11)9-12(2,3)10-14/h10-11H,4-9H2,1-3H3. The molecule has 0 aromatic heterocycles. The number of carbonyl (C=O) groups is 1. The van der Waals surface area contributed by atoms with E-state index < -0.39 is 0 Å². The van der Waals surface area contributed by atoms with Gasteiger partial charge in [-0.15, -0.1) is 0 Å². The van der Waals surface area contributed by atoms with Crippen LogP contribution in [0, 0.1) is 11.3 Å². The van der Waals surface area contributed by atoms with Crippen molar-refractivity contribution < 1.29 is 4.79 Å². The topological polar surface area (TPSA) is 20.3 Å². The van der Waals surface area contributed by atoms with E-state index in [1.165, 1.54) is 32.4 Å². The third-order valence-corrected chi connectivity index (χ3v) is 3.02. The van der Waals surface area contributed by atoms with Gasteiger partial charge in [-0.25, -0.2) is 0 Å². The summed E-state index contributed by atoms with van der Waals surface area (Å²) in [5.41, 5.74) is -0.166. The van der Waals surface area contributed by atoms with Crippen molar-refractivity contribution in [1.29, 1.82) is 0 Å². The van der Waals surface area contributed by atoms with Gasteiger partial charge in [-0.2, -0.15) is 0 Å². The quantitative estimate of drug-likeness (QED) is 0.630. The molecule has 0 radical (unpaired) electrons. The lowest BCUT2D eigenvalue weighted by Crippen LogP contribution is -2.33. The van der Waals surface area contributed by atoms with Crippen LogP contribution in [0.25, 0.3) is 0 Å². The van der Waals surface area contributed by atoms with Crippen molar-refractivity contribution in [3.05, 3.63) is 0 Å². The smallest absolute Gasteiger partial charge is 0.126 e. The van der Waals surface area contributed by atoms with Crippen LogP contribution in [0.5, 0.6) is 0 Å². The Labute approximate surface area is 87.7 Å². The SMILES string of the molecule is CCCC1CCN(CC(C)(C)C=O)C1. The molecule has 1 fully saturated rings. The van der Waals surface area contributed by atoms with E-state index in [0.717, 1.165) is 18.7 Å². The molecule has 2 nitrogen and oxygen atoms in total. The van der Waals surface area contributed by atoms with Gasteiger partial charge in [0.25, 0.3) is 0 Å². The van der Waals surface area contributed by atoms with Gasteiger partial charge in [0.05, 0.1) is 0 Å². The molecule has 1 saturated heterocycles. The number of rotatable bonds is 5. The molecule has 14 heavy (non-hydrogen) atoms. The van der Waals surface area contributed by atoms with E-state index in [1.54, 1.807) is 0 Å². The minimum absolute atomic E-state index is 0.166. The lowest BCUT2D eigenvalue weighted by Gasteiger charge is -2.24. The van der Waals surface area contributed by atoms with Crippen LogP contribution in [0.2, 0.25) is 0 Å². The van der Waals surface area contributed by atoms with Crippen molar-refractivity contribution in [1.82, 2.24) is 4.90 Å². The number of hydrogen-bond donors (Lipinski definition) is 0. The first kappa shape index (κ1) is 11.7. The monoisotopic (exact) mass is 197 g/mol. The van der Waals surface area contributed by atoms with Crippen LogP contribution in [-0.4, -0.2) is 30.8 Å². The molecule has 0 spiro atoms. The summed E-state index contributed by atoms with van der Waals surface area (Å²) in [6.45, 7) is 9.60. The van der Waals surface area contributed by atoms with Gasteiger partial charge in [0.15, 0.2) is 0 Å². The minimum Gasteiger partial charge on any atom is -0.303 e. The van der Waals surface area contributed by atoms with Crippen LogP contribution in [0.15, 0.2) is 0 Å². The van der Waals surface area contributed by atoms with Crippen molar-refractivity contribution in [2.45, 2.75) is 40.0 Å². The van der Waals surface area contributed by atoms with Crippen molar-refractivity contribution in [2.24, 2.45) is 11.3 Å². The maximum absolute atomic E-state index is 10.8. The molecule has 0 bridgehead atoms. The van der Waals surface area contributed by atoms with Crippen LogP contribution in [0.3, 0.4) is 0 Å². The van der Waals surface area contributed by atoms with Crippen molar-refractivity contribution in [3.8, 4) is 0 Å². The first-order valence-corrected chi connectivity index (χ1v) is 5.76. The van der Waals surface area contributed by atoms with Gasteiger partial charge >= 0.3 is 0 Å². The Hall–Kier alpha value is -0.370. The molecule has 82 valence electrons. The Kier molecular flexibility index (Phi) is 4.11. The van der Waals surface area contributed by atoms with Gasteiger partial charge in [0, 0.05) is 18.5 Å². The Morgan fingerprint density at radius 2 is 2.21 bits per heavy atom. The molecule has 0 aliphatic carbocycles. The number of likely N-dealkylation sites (tertiary alicyclic amines) is 1. The molecule has 1 aliphatic heterocycles. The Morgan fingerprint density at radius 1 is 1.50 bits per heavy atom. The molecule has 2 heteroatoms. The van der Waals surface area contributed by atoms with Crippen molar-refractivity contribution >= 4 is 6.29 Å². The summed E-state index contributed by atoms with van der Waals surface area (Å²) in [4.78, 5) is 13.2. The number of nitrogens with zero attached hydrogens (tertiary/aromatic N) is 1. The van der Waals surface area contributed by atoms with E-state index in [1.807, 2.05) is 13.8 Å². The lowest BCUT2D eigenvalue weighted by atomic mass is 9.95. The third kappa shape index (κ3) is 3.41. The van der Waals surface area contributed by atoms with Gasteiger partial charge in [0.2, 0.25) is 0 Å². The van der Waals surface area contributed by atoms with Crippen LogP contribution in [-0.2, 0) is 4.79 Å². The van der Waals surface area contributed by atoms with Crippen LogP contribution >= 0.6 is 0 Å². The van der Waals surface area contributed by atoms with Gasteiger partial charge in [-0.3, -0.25) is 0 Å². The molecule has 1 aliphatic rings. The average molecular weight is 197 g/mol. The fourth-order valence-electron chi connectivity index (χ4n) is 2.31. The predicted molar refractivity (Wildman–Crippen MR) is 59.3 cm³/mol. The third-order valence-electron chi connectivity index (χ3n) is 3.02. The van der Waals surface area contributed by atoms with E-state index in [4.69, 9.17) is 0 Å². The zero-order chi connectivity index (χ0) is 10.6. The molecule has 1 rings (SSSR count). The lowest BCUT2D eigenvalue weighted by molar-refractivity contribution is -0.115.